The molecule has 0 aliphatic heterocycles. The molecule has 1 amide bonds. The van der Waals surface area contributed by atoms with Gasteiger partial charge in [0.1, 0.15) is 0 Å². The number of benzene rings is 2. The summed E-state index contributed by atoms with van der Waals surface area (Å²) in [5, 5.41) is 2.94. The minimum absolute atomic E-state index is 0.00529. The molecule has 2 aromatic rings. The van der Waals surface area contributed by atoms with Crippen LogP contribution in [0.3, 0.4) is 0 Å². The summed E-state index contributed by atoms with van der Waals surface area (Å²) in [4.78, 5) is 11.9. The van der Waals surface area contributed by atoms with Crippen LogP contribution in [0.1, 0.15) is 16.8 Å². The van der Waals surface area contributed by atoms with E-state index in [1.807, 2.05) is 42.5 Å². The van der Waals surface area contributed by atoms with Crippen LogP contribution in [0.2, 0.25) is 0 Å². The molecule has 0 unspecified atom stereocenters. The Kier molecular flexibility index (Phi) is 5.69. The summed E-state index contributed by atoms with van der Waals surface area (Å²) >= 11 is 1.80. The van der Waals surface area contributed by atoms with Gasteiger partial charge in [-0.05, 0) is 41.7 Å². The van der Waals surface area contributed by atoms with Crippen molar-refractivity contribution in [3.05, 3.63) is 60.2 Å². The summed E-state index contributed by atoms with van der Waals surface area (Å²) in [7, 11) is 0. The van der Waals surface area contributed by atoms with Gasteiger partial charge in [0.2, 0.25) is 0 Å². The third kappa shape index (κ3) is 4.14. The van der Waals surface area contributed by atoms with Crippen molar-refractivity contribution >= 4 is 17.7 Å². The van der Waals surface area contributed by atoms with Gasteiger partial charge in [-0.1, -0.05) is 42.5 Å². The number of rotatable bonds is 6. The molecule has 3 heteroatoms. The molecule has 0 bridgehead atoms. The number of nitrogens with one attached hydrogen (secondary N) is 1. The fourth-order valence-electron chi connectivity index (χ4n) is 1.97. The van der Waals surface area contributed by atoms with E-state index in [0.29, 0.717) is 5.56 Å². The first kappa shape index (κ1) is 14.7. The van der Waals surface area contributed by atoms with Gasteiger partial charge in [-0.25, -0.2) is 0 Å². The van der Waals surface area contributed by atoms with Crippen molar-refractivity contribution in [3.63, 3.8) is 0 Å². The van der Waals surface area contributed by atoms with Crippen LogP contribution in [0.4, 0.5) is 0 Å². The van der Waals surface area contributed by atoms with E-state index in [1.54, 1.807) is 11.8 Å². The lowest BCUT2D eigenvalue weighted by atomic mass is 10.0. The Morgan fingerprint density at radius 1 is 1.00 bits per heavy atom. The van der Waals surface area contributed by atoms with Gasteiger partial charge >= 0.3 is 0 Å². The number of hydrogen-bond acceptors (Lipinski definition) is 2. The summed E-state index contributed by atoms with van der Waals surface area (Å²) in [5.74, 6) is 1.08. The lowest BCUT2D eigenvalue weighted by Gasteiger charge is -2.06. The molecule has 0 radical (unpaired) electrons. The number of amides is 1. The summed E-state index contributed by atoms with van der Waals surface area (Å²) in [6, 6.07) is 17.9. The van der Waals surface area contributed by atoms with Crippen LogP contribution in [0.5, 0.6) is 0 Å². The number of thioether (sulfide) groups is 1. The van der Waals surface area contributed by atoms with E-state index >= 15 is 0 Å². The van der Waals surface area contributed by atoms with Crippen molar-refractivity contribution in [3.8, 4) is 11.1 Å². The van der Waals surface area contributed by atoms with Crippen molar-refractivity contribution in [1.29, 1.82) is 0 Å². The smallest absolute Gasteiger partial charge is 0.251 e. The second-order valence-electron chi connectivity index (χ2n) is 4.55. The van der Waals surface area contributed by atoms with E-state index < -0.39 is 0 Å². The summed E-state index contributed by atoms with van der Waals surface area (Å²) in [6.45, 7) is 0.736. The Morgan fingerprint density at radius 2 is 1.65 bits per heavy atom. The highest BCUT2D eigenvalue weighted by atomic mass is 32.2. The molecule has 20 heavy (non-hydrogen) atoms. The van der Waals surface area contributed by atoms with Crippen molar-refractivity contribution in [1.82, 2.24) is 5.32 Å². The zero-order valence-corrected chi connectivity index (χ0v) is 12.5. The van der Waals surface area contributed by atoms with Gasteiger partial charge < -0.3 is 5.32 Å². The van der Waals surface area contributed by atoms with E-state index in [0.717, 1.165) is 24.3 Å². The van der Waals surface area contributed by atoms with Gasteiger partial charge in [0.15, 0.2) is 0 Å². The fourth-order valence-corrected chi connectivity index (χ4v) is 2.40. The number of carbonyl (C=O) groups excluding carboxylic acids is 1. The molecule has 0 aromatic heterocycles. The van der Waals surface area contributed by atoms with E-state index in [9.17, 15) is 4.79 Å². The summed E-state index contributed by atoms with van der Waals surface area (Å²) in [5.41, 5.74) is 3.01. The molecule has 1 N–H and O–H groups in total. The fraction of sp³-hybridized carbons (Fsp3) is 0.235. The second kappa shape index (κ2) is 7.75. The van der Waals surface area contributed by atoms with Crippen molar-refractivity contribution < 1.29 is 4.79 Å². The topological polar surface area (TPSA) is 29.1 Å². The standard InChI is InChI=1S/C17H19NOS/c1-20-13-5-12-18-17(19)16-10-8-15(9-11-16)14-6-3-2-4-7-14/h2-4,6-11H,5,12-13H2,1H3,(H,18,19). The second-order valence-corrected chi connectivity index (χ2v) is 5.53. The monoisotopic (exact) mass is 285 g/mol. The Hall–Kier alpha value is -1.74. The Morgan fingerprint density at radius 3 is 2.30 bits per heavy atom. The molecule has 2 aromatic carbocycles. The average Bonchev–Trinajstić information content (AvgIpc) is 2.52. The highest BCUT2D eigenvalue weighted by Gasteiger charge is 2.04. The molecule has 104 valence electrons. The van der Waals surface area contributed by atoms with E-state index in [1.165, 1.54) is 5.56 Å². The predicted octanol–water partition coefficient (Wildman–Crippen LogP) is 3.84. The van der Waals surface area contributed by atoms with Crippen molar-refractivity contribution in [2.75, 3.05) is 18.6 Å². The Balaban J connectivity index is 1.96. The molecule has 0 atom stereocenters. The Labute approximate surface area is 124 Å². The largest absolute Gasteiger partial charge is 0.352 e. The lowest BCUT2D eigenvalue weighted by molar-refractivity contribution is 0.0954. The lowest BCUT2D eigenvalue weighted by Crippen LogP contribution is -2.24. The van der Waals surface area contributed by atoms with Gasteiger partial charge in [0.25, 0.3) is 5.91 Å². The normalized spacial score (nSPS) is 10.2. The minimum Gasteiger partial charge on any atom is -0.352 e. The zero-order chi connectivity index (χ0) is 14.2. The van der Waals surface area contributed by atoms with Crippen LogP contribution in [0.25, 0.3) is 11.1 Å². The quantitative estimate of drug-likeness (QED) is 0.817. The third-order valence-corrected chi connectivity index (χ3v) is 3.76. The molecule has 0 saturated heterocycles. The van der Waals surface area contributed by atoms with Crippen molar-refractivity contribution in [2.45, 2.75) is 6.42 Å². The van der Waals surface area contributed by atoms with E-state index in [2.05, 4.69) is 23.7 Å². The molecule has 0 spiro atoms. The highest BCUT2D eigenvalue weighted by Crippen LogP contribution is 2.19. The van der Waals surface area contributed by atoms with Crippen LogP contribution in [0, 0.1) is 0 Å². The molecule has 2 nitrogen and oxygen atoms in total. The first-order chi connectivity index (χ1) is 9.81. The highest BCUT2D eigenvalue weighted by molar-refractivity contribution is 7.98. The maximum atomic E-state index is 11.9. The first-order valence-electron chi connectivity index (χ1n) is 6.74. The first-order valence-corrected chi connectivity index (χ1v) is 8.13. The van der Waals surface area contributed by atoms with Gasteiger partial charge in [0.05, 0.1) is 0 Å². The molecular formula is C17H19NOS. The minimum atomic E-state index is 0.00529. The number of carbonyl (C=O) groups is 1. The van der Waals surface area contributed by atoms with Gasteiger partial charge in [0, 0.05) is 12.1 Å². The van der Waals surface area contributed by atoms with Gasteiger partial charge in [-0.3, -0.25) is 4.79 Å². The van der Waals surface area contributed by atoms with Crippen LogP contribution in [-0.2, 0) is 0 Å². The number of hydrogen-bond donors (Lipinski definition) is 1. The summed E-state index contributed by atoms with van der Waals surface area (Å²) in [6.07, 6.45) is 3.08. The maximum Gasteiger partial charge on any atom is 0.251 e. The van der Waals surface area contributed by atoms with Crippen LogP contribution < -0.4 is 5.32 Å². The van der Waals surface area contributed by atoms with Crippen LogP contribution in [0.15, 0.2) is 54.6 Å². The molecule has 0 aliphatic carbocycles. The molecule has 0 fully saturated rings. The SMILES string of the molecule is CSCCCNC(=O)c1ccc(-c2ccccc2)cc1. The van der Waals surface area contributed by atoms with Gasteiger partial charge in [-0.2, -0.15) is 11.8 Å². The molecule has 0 aliphatic rings. The van der Waals surface area contributed by atoms with Crippen LogP contribution >= 0.6 is 11.8 Å². The van der Waals surface area contributed by atoms with E-state index in [-0.39, 0.29) is 5.91 Å². The Bertz CT molecular complexity index is 537. The van der Waals surface area contributed by atoms with Crippen LogP contribution in [-0.4, -0.2) is 24.5 Å². The third-order valence-electron chi connectivity index (χ3n) is 3.07. The molecule has 0 saturated carbocycles. The average molecular weight is 285 g/mol. The summed E-state index contributed by atoms with van der Waals surface area (Å²) < 4.78 is 0. The maximum absolute atomic E-state index is 11.9. The molecular weight excluding hydrogens is 266 g/mol. The molecule has 0 heterocycles. The molecule has 2 rings (SSSR count). The van der Waals surface area contributed by atoms with Gasteiger partial charge in [-0.15, -0.1) is 0 Å². The zero-order valence-electron chi connectivity index (χ0n) is 11.6. The van der Waals surface area contributed by atoms with E-state index in [4.69, 9.17) is 0 Å². The van der Waals surface area contributed by atoms with Crippen molar-refractivity contribution in [2.24, 2.45) is 0 Å². The predicted molar refractivity (Wildman–Crippen MR) is 87.2 cm³/mol.